The van der Waals surface area contributed by atoms with Crippen LogP contribution in [0.2, 0.25) is 0 Å². The van der Waals surface area contributed by atoms with Gasteiger partial charge in [-0.25, -0.2) is 0 Å². The number of aromatic amines is 1. The highest BCUT2D eigenvalue weighted by Gasteiger charge is 2.46. The average molecular weight is 1840 g/mol. The largest absolute Gasteiger partial charge is 0.492 e. The number of hydrogen-bond donors (Lipinski definition) is 19. The van der Waals surface area contributed by atoms with Gasteiger partial charge in [0.2, 0.25) is 76.8 Å². The lowest BCUT2D eigenvalue weighted by atomic mass is 9.79. The molecule has 2 aliphatic heterocycles. The Bertz CT molecular complexity index is 4890. The summed E-state index contributed by atoms with van der Waals surface area (Å²) in [7, 11) is 1.71. The first-order chi connectivity index (χ1) is 62.3. The smallest absolute Gasteiger partial charge is 0.245 e. The van der Waals surface area contributed by atoms with Gasteiger partial charge < -0.3 is 108 Å². The number of aromatic nitrogens is 1. The Morgan fingerprint density at radius 3 is 1.93 bits per heavy atom. The van der Waals surface area contributed by atoms with Crippen LogP contribution in [0.3, 0.4) is 0 Å². The molecule has 5 aromatic rings. The molecule has 3 heterocycles. The van der Waals surface area contributed by atoms with Gasteiger partial charge in [-0.3, -0.25) is 91.7 Å². The Hall–Kier alpha value is -12.4. The zero-order chi connectivity index (χ0) is 96.0. The summed E-state index contributed by atoms with van der Waals surface area (Å²) in [6.45, 7) is 2.92. The molecule has 40 heteroatoms. The van der Waals surface area contributed by atoms with Crippen molar-refractivity contribution in [1.29, 1.82) is 5.41 Å². The number of benzene rings is 4. The third-order valence-electron chi connectivity index (χ3n) is 23.3. The average Bonchev–Trinajstić information content (AvgIpc) is 1.03. The van der Waals surface area contributed by atoms with Crippen molar-refractivity contribution < 1.29 is 102 Å². The number of ketones is 5. The number of unbranched alkanes of at least 4 members (excludes halogenated alkanes) is 2. The van der Waals surface area contributed by atoms with Crippen LogP contribution in [0.1, 0.15) is 167 Å². The van der Waals surface area contributed by atoms with Crippen LogP contribution in [-0.4, -0.2) is 227 Å². The van der Waals surface area contributed by atoms with Gasteiger partial charge in [-0.2, -0.15) is 11.8 Å². The van der Waals surface area contributed by atoms with E-state index in [0.717, 1.165) is 36.4 Å². The summed E-state index contributed by atoms with van der Waals surface area (Å²) in [6, 6.07) is 14.8. The van der Waals surface area contributed by atoms with Crippen LogP contribution in [0.5, 0.6) is 5.75 Å². The maximum atomic E-state index is 16.1. The van der Waals surface area contributed by atoms with Crippen molar-refractivity contribution in [2.75, 3.05) is 51.5 Å². The maximum Gasteiger partial charge on any atom is 0.245 e. The number of ether oxygens (including phenoxy) is 2. The quantitative estimate of drug-likeness (QED) is 0.0139. The van der Waals surface area contributed by atoms with Gasteiger partial charge in [0.1, 0.15) is 36.0 Å². The third-order valence-corrected chi connectivity index (χ3v) is 24.4. The molecule has 26 N–H and O–H groups in total. The van der Waals surface area contributed by atoms with E-state index in [1.165, 1.54) is 0 Å². The summed E-state index contributed by atoms with van der Waals surface area (Å²) < 4.78 is 11.6. The van der Waals surface area contributed by atoms with E-state index in [-0.39, 0.29) is 109 Å². The van der Waals surface area contributed by atoms with E-state index in [1.54, 1.807) is 73.9 Å². The lowest BCUT2D eigenvalue weighted by Gasteiger charge is -2.38. The maximum absolute atomic E-state index is 16.1. The zero-order valence-electron chi connectivity index (χ0n) is 74.2. The number of amidine groups is 1. The van der Waals surface area contributed by atoms with E-state index in [9.17, 15) is 57.8 Å². The highest BCUT2D eigenvalue weighted by Crippen LogP contribution is 2.32. The van der Waals surface area contributed by atoms with E-state index in [2.05, 4.69) is 52.8 Å². The van der Waals surface area contributed by atoms with Gasteiger partial charge in [0.25, 0.3) is 0 Å². The number of Topliss-reactive ketones (excluding diaryl/α,β-unsaturated/α-hetero) is 5. The molecule has 4 aromatic carbocycles. The normalized spacial score (nSPS) is 19.4. The molecular weight excluding hydrogens is 1710 g/mol. The van der Waals surface area contributed by atoms with Gasteiger partial charge in [-0.05, 0) is 130 Å². The first kappa shape index (κ1) is 106. The number of rotatable bonds is 49. The van der Waals surface area contributed by atoms with Crippen LogP contribution < -0.4 is 92.7 Å². The van der Waals surface area contributed by atoms with Crippen LogP contribution >= 0.6 is 11.8 Å². The van der Waals surface area contributed by atoms with E-state index < -0.39 is 260 Å². The summed E-state index contributed by atoms with van der Waals surface area (Å²) >= 11 is 0.980. The summed E-state index contributed by atoms with van der Waals surface area (Å²) in [6.07, 6.45) is -6.78. The van der Waals surface area contributed by atoms with E-state index in [0.29, 0.717) is 59.2 Å². The van der Waals surface area contributed by atoms with Crippen LogP contribution in [-0.2, 0) is 110 Å². The van der Waals surface area contributed by atoms with E-state index >= 15 is 33.6 Å². The van der Waals surface area contributed by atoms with Crippen LogP contribution in [0.25, 0.3) is 21.7 Å². The summed E-state index contributed by atoms with van der Waals surface area (Å²) in [5.74, 6) is -23.6. The Labute approximate surface area is 764 Å². The monoisotopic (exact) mass is 1840 g/mol. The number of hydrogen-bond acceptors (Lipinski definition) is 25. The van der Waals surface area contributed by atoms with Gasteiger partial charge >= 0.3 is 0 Å². The molecule has 2 saturated heterocycles. The summed E-state index contributed by atoms with van der Waals surface area (Å²) in [5, 5.41) is 45.8. The van der Waals surface area contributed by atoms with Gasteiger partial charge in [0, 0.05) is 146 Å². The Morgan fingerprint density at radius 2 is 1.27 bits per heavy atom. The van der Waals surface area contributed by atoms with Crippen molar-refractivity contribution in [3.8, 4) is 5.75 Å². The lowest BCUT2D eigenvalue weighted by molar-refractivity contribution is -0.141. The van der Waals surface area contributed by atoms with Crippen molar-refractivity contribution in [3.05, 3.63) is 114 Å². The zero-order valence-corrected chi connectivity index (χ0v) is 75.0. The van der Waals surface area contributed by atoms with Gasteiger partial charge in [0.15, 0.2) is 28.9 Å². The molecule has 13 amide bonds. The lowest BCUT2D eigenvalue weighted by Crippen LogP contribution is -2.59. The molecule has 13 atom stereocenters. The molecule has 13 unspecified atom stereocenters. The molecule has 0 aliphatic carbocycles. The second kappa shape index (κ2) is 53.1. The standard InChI is InChI=1S/C91H126N18O21S.H2/c1-51(110)82-90(128)107-71(41-61-49-101-65-16-7-6-15-64(61)65)89(127)103-66(26-28-79(96)118)73(113)45-62(50-131-37-29-67(72(112)42-58(85(123)108-82)23-27-78(95)117)104-88(126)68(102-52(2)111)17-8-9-18-77(93)94)86(124)105-69(40-53-20-24-63(25-21-53)130-36-32-92)75(115)44-60(39-54-19-22-55-12-4-5-13-56(55)38-54)87(125)109-91(30-34-129-35-31-91)76(116)46-57(14-10-11-33-100-3)84(122)106-70(48-81(98)120)74(114)43-59(83(99)121)47-80(97)119;/h4-7,12-13,15-16,19-22,24-25,38,49,51,57-60,62,66-71,82,100-101,110H,8-11,14,17-18,23,26-37,39-48,50,92H2,1-3H3,(H3,93,94)(H2,95,117)(H2,96,118)(H2,97,119)(H2,98,120)(H2,99,121)(H,102,111)(H,103,127)(H,104,126)(H,105,124)(H,106,122)(H,107,128)(H,108,123)(H,109,125);1H/i;1+1. The number of para-hydroxylation sites is 1. The predicted molar refractivity (Wildman–Crippen MR) is 488 cm³/mol. The minimum Gasteiger partial charge on any atom is -0.492 e. The summed E-state index contributed by atoms with van der Waals surface area (Å²) in [4.78, 5) is 260. The van der Waals surface area contributed by atoms with Crippen molar-refractivity contribution in [2.45, 2.75) is 222 Å². The number of fused-ring (bicyclic) bond motifs is 2. The van der Waals surface area contributed by atoms with Crippen molar-refractivity contribution in [1.82, 2.24) is 52.8 Å². The second-order valence-electron chi connectivity index (χ2n) is 33.7. The van der Waals surface area contributed by atoms with E-state index in [4.69, 9.17) is 55.0 Å². The van der Waals surface area contributed by atoms with Crippen LogP contribution in [0.15, 0.2) is 97.2 Å². The molecule has 1 aromatic heterocycles. The number of aliphatic hydroxyl groups is 1. The number of primary amides is 5. The highest BCUT2D eigenvalue weighted by atomic mass is 32.2. The fourth-order valence-electron chi connectivity index (χ4n) is 15.9. The minimum absolute atomic E-state index is 0. The Morgan fingerprint density at radius 1 is 0.626 bits per heavy atom. The SMILES string of the molecule is CNCCCCC(CC(=O)C1(NC(=O)C(CC(=O)C(Cc2ccc(OCCN)cc2)NC(=O)C2CSCCC(NC(=O)C(CCCCC(=N)N)NC(C)=O)C(=O)CC(CCC(N)=O)C(=O)NC(C(C)O)C(=O)NC(Cc3c[nH]c4ccccc34)C(=O)NC(CCC(N)=O)C(=O)C2)Cc2ccc3ccccc3c2)CCOCC1)C(=O)NC(CC(N)=O)C(=O)CC(CC(N)=O)C(N)=O.[2HH]. The minimum atomic E-state index is -1.90. The molecule has 0 spiro atoms. The molecule has 131 heavy (non-hydrogen) atoms. The van der Waals surface area contributed by atoms with Gasteiger partial charge in [-0.1, -0.05) is 85.6 Å². The molecule has 0 radical (unpaired) electrons. The number of carbonyl (C=O) groups excluding carboxylic acids is 18. The fourth-order valence-corrected chi connectivity index (χ4v) is 17.1. The fraction of sp³-hybridized carbons (Fsp3) is 0.527. The van der Waals surface area contributed by atoms with Crippen molar-refractivity contribution in [2.24, 2.45) is 69.7 Å². The number of aliphatic hydroxyl groups excluding tert-OH is 1. The molecule has 714 valence electrons. The Kier molecular flexibility index (Phi) is 42.8. The second-order valence-corrected chi connectivity index (χ2v) is 34.8. The van der Waals surface area contributed by atoms with Crippen molar-refractivity contribution in [3.63, 3.8) is 0 Å². The number of carbonyl (C=O) groups is 18. The predicted octanol–water partition coefficient (Wildman–Crippen LogP) is 0.0593. The molecule has 0 bridgehead atoms. The molecule has 2 aliphatic rings. The highest BCUT2D eigenvalue weighted by molar-refractivity contribution is 7.99. The third kappa shape index (κ3) is 34.8. The number of thioether (sulfide) groups is 1. The van der Waals surface area contributed by atoms with Crippen LogP contribution in [0, 0.1) is 35.0 Å². The molecule has 0 saturated carbocycles. The van der Waals surface area contributed by atoms with Gasteiger partial charge in [-0.15, -0.1) is 0 Å². The number of nitrogens with two attached hydrogens (primary N) is 7. The molecule has 39 nitrogen and oxygen atoms in total. The topological polar surface area (TPSA) is 676 Å². The first-order valence-electron chi connectivity index (χ1n) is 44.1. The molecular formula is C91H128N18O21S. The Balaban J connectivity index is 0.0000268. The van der Waals surface area contributed by atoms with E-state index in [1.807, 2.05) is 30.3 Å². The first-order valence-corrected chi connectivity index (χ1v) is 45.3. The van der Waals surface area contributed by atoms with Crippen LogP contribution in [0.4, 0.5) is 0 Å². The molecule has 7 rings (SSSR count). The number of amides is 13. The molecule has 2 fully saturated rings. The van der Waals surface area contributed by atoms with Crippen molar-refractivity contribution >= 4 is 145 Å². The number of H-pyrrole nitrogens is 1. The summed E-state index contributed by atoms with van der Waals surface area (Å²) in [5.41, 5.74) is 39.4. The van der Waals surface area contributed by atoms with Gasteiger partial charge in [0.05, 0.1) is 54.4 Å². The number of nitrogens with one attached hydrogen (secondary N) is 11.